The molecule has 0 atom stereocenters. The van der Waals surface area contributed by atoms with E-state index >= 15 is 0 Å². The lowest BCUT2D eigenvalue weighted by molar-refractivity contribution is 0.414. The molecule has 0 amide bonds. The Morgan fingerprint density at radius 1 is 0.750 bits per heavy atom. The summed E-state index contributed by atoms with van der Waals surface area (Å²) in [5.41, 5.74) is 0. The van der Waals surface area contributed by atoms with Crippen LogP contribution in [-0.4, -0.2) is 26.6 Å². The Hall–Kier alpha value is 0.500. The molecule has 0 aliphatic heterocycles. The number of hydrogen-bond donors (Lipinski definition) is 2. The van der Waals surface area contributed by atoms with Gasteiger partial charge in [0.25, 0.3) is 0 Å². The lowest BCUT2D eigenvalue weighted by Gasteiger charge is -2.12. The minimum Gasteiger partial charge on any atom is -0.780 e. The predicted molar refractivity (Wildman–Crippen MR) is 46.1 cm³/mol. The first-order valence-corrected chi connectivity index (χ1v) is 6.00. The average Bonchev–Trinajstić information content (AvgIpc) is 1.12. The minimum absolute atomic E-state index is 0. The highest BCUT2D eigenvalue weighted by atomic mass is 32.9. The van der Waals surface area contributed by atoms with Gasteiger partial charge in [0, 0.05) is 0 Å². The monoisotopic (exact) mass is 260 g/mol. The largest absolute Gasteiger partial charge is 0.780 e. The summed E-state index contributed by atoms with van der Waals surface area (Å²) in [6.07, 6.45) is 0. The fraction of sp³-hybridized carbons (Fsp3) is 0. The Bertz CT molecular complexity index is 214. The summed E-state index contributed by atoms with van der Waals surface area (Å²) in [4.78, 5) is 0. The van der Waals surface area contributed by atoms with Crippen LogP contribution in [-0.2, 0) is 40.5 Å². The van der Waals surface area contributed by atoms with Crippen molar-refractivity contribution >= 4 is 40.5 Å². The van der Waals surface area contributed by atoms with Crippen LogP contribution in [0.15, 0.2) is 0 Å². The van der Waals surface area contributed by atoms with Gasteiger partial charge in [-0.3, -0.25) is 8.42 Å². The quantitative estimate of drug-likeness (QED) is 0.536. The van der Waals surface area contributed by atoms with Gasteiger partial charge in [-0.1, -0.05) is 0 Å². The van der Waals surface area contributed by atoms with Crippen LogP contribution < -0.4 is 12.3 Å². The van der Waals surface area contributed by atoms with E-state index in [0.717, 1.165) is 0 Å². The summed E-state index contributed by atoms with van der Waals surface area (Å²) < 4.78 is 53.3. The first kappa shape index (κ1) is 22.9. The molecule has 12 heteroatoms. The molecule has 0 aliphatic rings. The molecule has 12 heavy (non-hydrogen) atoms. The van der Waals surface area contributed by atoms with E-state index in [1.54, 1.807) is 0 Å². The molecule has 0 bridgehead atoms. The summed E-state index contributed by atoms with van der Waals surface area (Å²) in [7, 11) is -8.67. The van der Waals surface area contributed by atoms with E-state index in [0.29, 0.717) is 0 Å². The topological polar surface area (TPSA) is 199 Å². The zero-order chi connectivity index (χ0) is 9.00. The maximum Gasteiger partial charge on any atom is -0.0484 e. The Morgan fingerprint density at radius 3 is 0.750 bits per heavy atom. The van der Waals surface area contributed by atoms with Crippen LogP contribution in [0.4, 0.5) is 0 Å². The van der Waals surface area contributed by atoms with E-state index in [1.807, 2.05) is 0 Å². The highest BCUT2D eigenvalue weighted by molar-refractivity contribution is 8.26. The standard InChI is InChI=1S/2H3N.2H2O3S2/c;;2*1-5(2,3)4/h2*1H3;2*(H2,1,2,3,4)/p-2. The van der Waals surface area contributed by atoms with E-state index in [-0.39, 0.29) is 12.3 Å². The van der Waals surface area contributed by atoms with Crippen molar-refractivity contribution in [2.45, 2.75) is 0 Å². The highest BCUT2D eigenvalue weighted by Gasteiger charge is 1.44. The minimum atomic E-state index is -4.33. The maximum absolute atomic E-state index is 8.89. The molecule has 0 unspecified atom stereocenters. The molecule has 0 saturated carbocycles. The molecule has 0 heterocycles. The van der Waals surface area contributed by atoms with Gasteiger partial charge in [-0.15, -0.1) is 18.1 Å². The normalized spacial score (nSPS) is 9.67. The van der Waals surface area contributed by atoms with Gasteiger partial charge in [-0.25, -0.2) is 0 Å². The van der Waals surface area contributed by atoms with Gasteiger partial charge in [-0.2, -0.15) is 0 Å². The zero-order valence-electron chi connectivity index (χ0n) is 6.08. The van der Waals surface area contributed by atoms with Crippen LogP contribution in [0, 0.1) is 0 Å². The second kappa shape index (κ2) is 8.11. The maximum atomic E-state index is 8.89. The summed E-state index contributed by atoms with van der Waals surface area (Å²) >= 11 is 6.49. The smallest absolute Gasteiger partial charge is 0.0484 e. The number of rotatable bonds is 0. The first-order chi connectivity index (χ1) is 4.00. The molecule has 0 radical (unpaired) electrons. The van der Waals surface area contributed by atoms with Crippen molar-refractivity contribution in [3.8, 4) is 0 Å². The lowest BCUT2D eigenvalue weighted by Crippen LogP contribution is -1.88. The van der Waals surface area contributed by atoms with Crippen LogP contribution in [0.3, 0.4) is 0 Å². The van der Waals surface area contributed by atoms with Crippen molar-refractivity contribution in [1.29, 1.82) is 0 Å². The van der Waals surface area contributed by atoms with Gasteiger partial charge in [0.15, 0.2) is 0 Å². The van der Waals surface area contributed by atoms with Gasteiger partial charge in [0.1, 0.15) is 0 Å². The molecule has 0 aromatic rings. The van der Waals surface area contributed by atoms with E-state index in [2.05, 4.69) is 22.4 Å². The molecule has 0 saturated heterocycles. The van der Waals surface area contributed by atoms with E-state index in [4.69, 9.17) is 26.6 Å². The Labute approximate surface area is 79.6 Å². The molecule has 0 fully saturated rings. The molecule has 8 N–H and O–H groups in total. The van der Waals surface area contributed by atoms with Crippen molar-refractivity contribution in [3.05, 3.63) is 0 Å². The van der Waals surface area contributed by atoms with Crippen LogP contribution in [0.1, 0.15) is 0 Å². The zero-order valence-corrected chi connectivity index (χ0v) is 9.35. The van der Waals surface area contributed by atoms with Gasteiger partial charge in [-0.05, 0) is 22.4 Å². The molecule has 0 aliphatic carbocycles. The average molecular weight is 260 g/mol. The second-order valence-corrected chi connectivity index (χ2v) is 4.90. The highest BCUT2D eigenvalue weighted by Crippen LogP contribution is 1.61. The molecule has 80 valence electrons. The molecule has 0 aromatic heterocycles. The predicted octanol–water partition coefficient (Wildman–Crippen LogP) is -1.26. The third-order valence-corrected chi connectivity index (χ3v) is 0. The van der Waals surface area contributed by atoms with Crippen LogP contribution in [0.5, 0.6) is 0 Å². The summed E-state index contributed by atoms with van der Waals surface area (Å²) in [6.45, 7) is 0. The molecule has 0 rings (SSSR count). The lowest BCUT2D eigenvalue weighted by atomic mass is 14.0. The fourth-order valence-electron chi connectivity index (χ4n) is 0. The molecule has 8 nitrogen and oxygen atoms in total. The van der Waals surface area contributed by atoms with Crippen molar-refractivity contribution in [2.75, 3.05) is 0 Å². The van der Waals surface area contributed by atoms with Gasteiger partial charge in [0.2, 0.25) is 0 Å². The van der Waals surface area contributed by atoms with Crippen molar-refractivity contribution in [3.63, 3.8) is 0 Å². The summed E-state index contributed by atoms with van der Waals surface area (Å²) in [5.74, 6) is 0. The van der Waals surface area contributed by atoms with Crippen molar-refractivity contribution < 1.29 is 26.6 Å². The molecular weight excluding hydrogens is 252 g/mol. The third kappa shape index (κ3) is 3790. The van der Waals surface area contributed by atoms with Crippen LogP contribution >= 0.6 is 0 Å². The molecular formula is H8N2O6S4-2. The van der Waals surface area contributed by atoms with Crippen LogP contribution in [0.25, 0.3) is 0 Å². The SMILES string of the molecule is O=S([O-])([O-])=S.O=S([O-])([O-])=S.[NH4+].[NH4+]. The van der Waals surface area contributed by atoms with Crippen molar-refractivity contribution in [1.82, 2.24) is 12.3 Å². The van der Waals surface area contributed by atoms with Crippen LogP contribution in [0.2, 0.25) is 0 Å². The van der Waals surface area contributed by atoms with E-state index in [1.165, 1.54) is 0 Å². The molecule has 0 spiro atoms. The Morgan fingerprint density at radius 2 is 0.750 bits per heavy atom. The Balaban J connectivity index is -0.0000000457. The summed E-state index contributed by atoms with van der Waals surface area (Å²) in [5, 5.41) is 0. The third-order valence-electron chi connectivity index (χ3n) is 0. The van der Waals surface area contributed by atoms with E-state index in [9.17, 15) is 0 Å². The van der Waals surface area contributed by atoms with Gasteiger partial charge < -0.3 is 30.5 Å². The van der Waals surface area contributed by atoms with Gasteiger partial charge >= 0.3 is 0 Å². The second-order valence-electron chi connectivity index (χ2n) is 0.816. The van der Waals surface area contributed by atoms with Gasteiger partial charge in [0.05, 0.1) is 0 Å². The molecule has 0 aromatic carbocycles. The fourth-order valence-corrected chi connectivity index (χ4v) is 0. The van der Waals surface area contributed by atoms with E-state index < -0.39 is 18.1 Å². The summed E-state index contributed by atoms with van der Waals surface area (Å²) in [6, 6.07) is 0. The number of quaternary nitrogens is 2. The first-order valence-electron chi connectivity index (χ1n) is 1.33. The Kier molecular flexibility index (Phi) is 15.5. The van der Waals surface area contributed by atoms with Crippen molar-refractivity contribution in [2.24, 2.45) is 0 Å². The number of hydrogen-bond acceptors (Lipinski definition) is 8.